The van der Waals surface area contributed by atoms with Gasteiger partial charge in [-0.3, -0.25) is 4.79 Å². The fraction of sp³-hybridized carbons (Fsp3) is 0.727. The van der Waals surface area contributed by atoms with Crippen LogP contribution in [0, 0.1) is 0 Å². The van der Waals surface area contributed by atoms with Crippen LogP contribution in [-0.2, 0) is 4.79 Å². The second-order valence-corrected chi connectivity index (χ2v) is 4.01. The molecular weight excluding hydrogens is 176 g/mol. The molecule has 1 rings (SSSR count). The largest absolute Gasteiger partial charge is 0.339 e. The second kappa shape index (κ2) is 5.15. The van der Waals surface area contributed by atoms with E-state index >= 15 is 0 Å². The number of carbonyl (C=O) groups is 1. The molecule has 0 radical (unpaired) electrons. The molecule has 1 atom stereocenters. The van der Waals surface area contributed by atoms with E-state index in [0.29, 0.717) is 6.42 Å². The average Bonchev–Trinajstić information content (AvgIpc) is 2.18. The lowest BCUT2D eigenvalue weighted by Crippen LogP contribution is -2.38. The van der Waals surface area contributed by atoms with Crippen LogP contribution in [0.15, 0.2) is 11.6 Å². The third-order valence-corrected chi connectivity index (χ3v) is 2.75. The Morgan fingerprint density at radius 2 is 2.43 bits per heavy atom. The zero-order valence-corrected chi connectivity index (χ0v) is 9.12. The van der Waals surface area contributed by atoms with Gasteiger partial charge in [-0.15, -0.1) is 0 Å². The normalized spacial score (nSPS) is 19.1. The molecule has 0 bridgehead atoms. The average molecular weight is 196 g/mol. The smallest absolute Gasteiger partial charge is 0.224 e. The Morgan fingerprint density at radius 3 is 2.93 bits per heavy atom. The van der Waals surface area contributed by atoms with Crippen LogP contribution < -0.4 is 5.73 Å². The van der Waals surface area contributed by atoms with Crippen LogP contribution in [0.5, 0.6) is 0 Å². The van der Waals surface area contributed by atoms with Gasteiger partial charge in [-0.1, -0.05) is 18.6 Å². The van der Waals surface area contributed by atoms with Crippen LogP contribution >= 0.6 is 0 Å². The molecule has 1 amide bonds. The minimum absolute atomic E-state index is 0.0227. The zero-order chi connectivity index (χ0) is 10.6. The van der Waals surface area contributed by atoms with E-state index in [0.717, 1.165) is 25.9 Å². The first-order valence-electron chi connectivity index (χ1n) is 5.32. The van der Waals surface area contributed by atoms with Crippen molar-refractivity contribution in [2.24, 2.45) is 5.73 Å². The fourth-order valence-electron chi connectivity index (χ4n) is 1.49. The molecule has 1 unspecified atom stereocenters. The maximum absolute atomic E-state index is 11.7. The van der Waals surface area contributed by atoms with Crippen molar-refractivity contribution in [1.82, 2.24) is 4.90 Å². The number of hydrogen-bond acceptors (Lipinski definition) is 2. The monoisotopic (exact) mass is 196 g/mol. The highest BCUT2D eigenvalue weighted by atomic mass is 16.2. The van der Waals surface area contributed by atoms with Gasteiger partial charge in [0.2, 0.25) is 5.91 Å². The molecule has 1 aliphatic heterocycles. The number of amides is 1. The molecule has 0 spiro atoms. The van der Waals surface area contributed by atoms with Crippen molar-refractivity contribution in [2.45, 2.75) is 39.2 Å². The Kier molecular flexibility index (Phi) is 4.14. The summed E-state index contributed by atoms with van der Waals surface area (Å²) in [6, 6.07) is 0.0227. The van der Waals surface area contributed by atoms with E-state index in [-0.39, 0.29) is 11.9 Å². The molecule has 3 nitrogen and oxygen atoms in total. The Hall–Kier alpha value is -0.830. The van der Waals surface area contributed by atoms with Gasteiger partial charge >= 0.3 is 0 Å². The Bertz CT molecular complexity index is 235. The van der Waals surface area contributed by atoms with E-state index in [1.165, 1.54) is 5.57 Å². The van der Waals surface area contributed by atoms with Crippen LogP contribution in [0.2, 0.25) is 0 Å². The molecule has 3 heteroatoms. The van der Waals surface area contributed by atoms with Crippen LogP contribution in [-0.4, -0.2) is 29.9 Å². The molecule has 2 N–H and O–H groups in total. The molecule has 1 aliphatic rings. The van der Waals surface area contributed by atoms with Gasteiger partial charge in [0.25, 0.3) is 0 Å². The number of nitrogens with zero attached hydrogens (tertiary/aromatic N) is 1. The van der Waals surface area contributed by atoms with E-state index < -0.39 is 0 Å². The third kappa shape index (κ3) is 3.14. The number of nitrogens with two attached hydrogens (primary N) is 1. The minimum Gasteiger partial charge on any atom is -0.339 e. The summed E-state index contributed by atoms with van der Waals surface area (Å²) in [7, 11) is 0. The zero-order valence-electron chi connectivity index (χ0n) is 9.12. The van der Waals surface area contributed by atoms with Crippen LogP contribution in [0.3, 0.4) is 0 Å². The maximum atomic E-state index is 11.7. The number of carbonyl (C=O) groups excluding carboxylic acids is 1. The van der Waals surface area contributed by atoms with Gasteiger partial charge < -0.3 is 10.6 Å². The molecule has 0 saturated carbocycles. The van der Waals surface area contributed by atoms with Crippen molar-refractivity contribution in [3.05, 3.63) is 11.6 Å². The minimum atomic E-state index is 0.0227. The van der Waals surface area contributed by atoms with E-state index in [4.69, 9.17) is 5.73 Å². The molecule has 0 aliphatic carbocycles. The summed E-state index contributed by atoms with van der Waals surface area (Å²) in [4.78, 5) is 13.6. The number of hydrogen-bond donors (Lipinski definition) is 1. The molecule has 1 heterocycles. The Labute approximate surface area is 86.0 Å². The van der Waals surface area contributed by atoms with E-state index in [2.05, 4.69) is 13.0 Å². The molecule has 0 aromatic carbocycles. The molecule has 0 aromatic heterocycles. The lowest BCUT2D eigenvalue weighted by atomic mass is 10.1. The van der Waals surface area contributed by atoms with Gasteiger partial charge in [0, 0.05) is 25.6 Å². The summed E-state index contributed by atoms with van der Waals surface area (Å²) in [6.45, 7) is 5.75. The summed E-state index contributed by atoms with van der Waals surface area (Å²) >= 11 is 0. The lowest BCUT2D eigenvalue weighted by Gasteiger charge is -2.26. The van der Waals surface area contributed by atoms with Crippen molar-refractivity contribution in [3.63, 3.8) is 0 Å². The van der Waals surface area contributed by atoms with Gasteiger partial charge in [-0.05, 0) is 19.8 Å². The van der Waals surface area contributed by atoms with Crippen molar-refractivity contribution >= 4 is 5.91 Å². The predicted molar refractivity (Wildman–Crippen MR) is 57.8 cm³/mol. The number of rotatable bonds is 3. The quantitative estimate of drug-likeness (QED) is 0.691. The highest BCUT2D eigenvalue weighted by Gasteiger charge is 2.17. The SMILES string of the molecule is CCC(N)CC(=O)N1CC=C(C)CC1. The van der Waals surface area contributed by atoms with E-state index in [1.807, 2.05) is 11.8 Å². The molecule has 14 heavy (non-hydrogen) atoms. The summed E-state index contributed by atoms with van der Waals surface area (Å²) < 4.78 is 0. The first-order valence-corrected chi connectivity index (χ1v) is 5.32. The Morgan fingerprint density at radius 1 is 1.71 bits per heavy atom. The van der Waals surface area contributed by atoms with Crippen molar-refractivity contribution in [3.8, 4) is 0 Å². The van der Waals surface area contributed by atoms with E-state index in [1.54, 1.807) is 0 Å². The second-order valence-electron chi connectivity index (χ2n) is 4.01. The summed E-state index contributed by atoms with van der Waals surface area (Å²) in [5.74, 6) is 0.197. The maximum Gasteiger partial charge on any atom is 0.224 e. The first-order chi connectivity index (χ1) is 6.63. The molecule has 0 saturated heterocycles. The summed E-state index contributed by atoms with van der Waals surface area (Å²) in [5.41, 5.74) is 7.13. The third-order valence-electron chi connectivity index (χ3n) is 2.75. The standard InChI is InChI=1S/C11H20N2O/c1-3-10(12)8-11(14)13-6-4-9(2)5-7-13/h4,10H,3,5-8,12H2,1-2H3. The summed E-state index contributed by atoms with van der Waals surface area (Å²) in [6.07, 6.45) is 4.49. The van der Waals surface area contributed by atoms with Crippen molar-refractivity contribution in [2.75, 3.05) is 13.1 Å². The van der Waals surface area contributed by atoms with Gasteiger partial charge in [0.1, 0.15) is 0 Å². The Balaban J connectivity index is 2.39. The van der Waals surface area contributed by atoms with Crippen LogP contribution in [0.1, 0.15) is 33.1 Å². The van der Waals surface area contributed by atoms with Gasteiger partial charge in [0.05, 0.1) is 0 Å². The molecular formula is C11H20N2O. The van der Waals surface area contributed by atoms with Crippen molar-refractivity contribution in [1.29, 1.82) is 0 Å². The lowest BCUT2D eigenvalue weighted by molar-refractivity contribution is -0.131. The highest BCUT2D eigenvalue weighted by molar-refractivity contribution is 5.77. The summed E-state index contributed by atoms with van der Waals surface area (Å²) in [5, 5.41) is 0. The molecule has 0 aromatic rings. The van der Waals surface area contributed by atoms with Gasteiger partial charge in [-0.25, -0.2) is 0 Å². The highest BCUT2D eigenvalue weighted by Crippen LogP contribution is 2.11. The van der Waals surface area contributed by atoms with Crippen LogP contribution in [0.25, 0.3) is 0 Å². The van der Waals surface area contributed by atoms with Gasteiger partial charge in [0.15, 0.2) is 0 Å². The molecule has 80 valence electrons. The van der Waals surface area contributed by atoms with E-state index in [9.17, 15) is 4.79 Å². The predicted octanol–water partition coefficient (Wildman–Crippen LogP) is 1.29. The van der Waals surface area contributed by atoms with Crippen LogP contribution in [0.4, 0.5) is 0 Å². The topological polar surface area (TPSA) is 46.3 Å². The van der Waals surface area contributed by atoms with Gasteiger partial charge in [-0.2, -0.15) is 0 Å². The molecule has 0 fully saturated rings. The fourth-order valence-corrected chi connectivity index (χ4v) is 1.49. The first kappa shape index (κ1) is 11.2. The van der Waals surface area contributed by atoms with Crippen molar-refractivity contribution < 1.29 is 4.79 Å².